The molecule has 3 amide bonds. The molecule has 5 N–H and O–H groups in total. The number of aromatic amines is 2. The Kier molecular flexibility index (Phi) is 13.3. The van der Waals surface area contributed by atoms with Crippen molar-refractivity contribution < 1.29 is 47.9 Å². The lowest BCUT2D eigenvalue weighted by molar-refractivity contribution is -0.145. The van der Waals surface area contributed by atoms with Crippen molar-refractivity contribution >= 4 is 17.9 Å². The van der Waals surface area contributed by atoms with Crippen molar-refractivity contribution in [2.45, 2.75) is 84.3 Å². The number of carbonyl (C=O) groups is 3. The third kappa shape index (κ3) is 8.81. The number of aromatic nitrogens is 4. The van der Waals surface area contributed by atoms with Crippen LogP contribution in [0.5, 0.6) is 11.5 Å². The number of benzene rings is 2. The van der Waals surface area contributed by atoms with Crippen molar-refractivity contribution in [1.29, 1.82) is 0 Å². The number of nitrogens with one attached hydrogen (secondary N) is 4. The first-order valence-electron chi connectivity index (χ1n) is 21.9. The fourth-order valence-corrected chi connectivity index (χ4v) is 9.69. The first kappa shape index (κ1) is 45.1. The summed E-state index contributed by atoms with van der Waals surface area (Å²) >= 11 is 0. The Hall–Kier alpha value is -5.53. The Bertz CT molecular complexity index is 2300. The van der Waals surface area contributed by atoms with Gasteiger partial charge in [0.15, 0.2) is 0 Å². The van der Waals surface area contributed by atoms with Crippen molar-refractivity contribution in [3.8, 4) is 45.1 Å². The van der Waals surface area contributed by atoms with Gasteiger partial charge in [-0.2, -0.15) is 0 Å². The number of aliphatic hydroxyl groups is 1. The summed E-state index contributed by atoms with van der Waals surface area (Å²) in [6.07, 6.45) is 2.95. The highest BCUT2D eigenvalue weighted by atomic mass is 16.6. The molecule has 4 aliphatic heterocycles. The van der Waals surface area contributed by atoms with Crippen LogP contribution in [-0.2, 0) is 41.8 Å². The molecule has 0 radical (unpaired) electrons. The molecule has 8 rings (SSSR count). The van der Waals surface area contributed by atoms with Crippen molar-refractivity contribution in [1.82, 2.24) is 40.4 Å². The first-order valence-corrected chi connectivity index (χ1v) is 21.9. The van der Waals surface area contributed by atoms with E-state index in [9.17, 15) is 19.5 Å². The standard InChI is InChI=1S/C46H60N8O10/c1-23(2)39(51-45(57)61-7)43(55)53-17-25(19-59-5)9-33(53)41-47-15-31(49-41)27-11-29-21-64-36-14-28(12-30-22-63-35(13-27)37(29)38(30)36)32-16-48-42(50-32)34-10-26(20-60-6)18-54(34)44(56)40(24(3)4)52-46(58)62-8/h11-16,23-26,33-34,39-40,45,51,57H,9-10,17-22H2,1-8H3,(H,47,49)(H,48,50)(H,52,58)/t25-,26-,33-,34-,39-,40-,45?/m0/s1. The number of H-pyrrole nitrogens is 2. The van der Waals surface area contributed by atoms with Crippen LogP contribution >= 0.6 is 0 Å². The van der Waals surface area contributed by atoms with E-state index in [0.717, 1.165) is 56.3 Å². The van der Waals surface area contributed by atoms with Gasteiger partial charge in [0.1, 0.15) is 42.4 Å². The van der Waals surface area contributed by atoms with E-state index >= 15 is 0 Å². The quantitative estimate of drug-likeness (QED) is 0.0948. The van der Waals surface area contributed by atoms with Crippen molar-refractivity contribution in [2.75, 3.05) is 54.7 Å². The van der Waals surface area contributed by atoms with Gasteiger partial charge in [0.05, 0.1) is 62.2 Å². The summed E-state index contributed by atoms with van der Waals surface area (Å²) in [5.41, 5.74) is 7.25. The summed E-state index contributed by atoms with van der Waals surface area (Å²) in [4.78, 5) is 60.5. The third-order valence-corrected chi connectivity index (χ3v) is 12.8. The van der Waals surface area contributed by atoms with Crippen LogP contribution in [0, 0.1) is 23.7 Å². The Morgan fingerprint density at radius 2 is 1.22 bits per heavy atom. The minimum Gasteiger partial charge on any atom is -0.488 e. The topological polar surface area (TPSA) is 215 Å². The molecule has 6 heterocycles. The van der Waals surface area contributed by atoms with Crippen molar-refractivity contribution in [3.05, 3.63) is 59.4 Å². The van der Waals surface area contributed by atoms with E-state index < -0.39 is 24.6 Å². The van der Waals surface area contributed by atoms with Crippen LogP contribution in [0.2, 0.25) is 0 Å². The number of hydrogen-bond donors (Lipinski definition) is 5. The molecule has 2 fully saturated rings. The molecule has 18 nitrogen and oxygen atoms in total. The van der Waals surface area contributed by atoms with Gasteiger partial charge in [-0.25, -0.2) is 14.8 Å². The fraction of sp³-hybridized carbons (Fsp3) is 0.543. The number of amides is 3. The van der Waals surface area contributed by atoms with Gasteiger partial charge in [0.25, 0.3) is 0 Å². The summed E-state index contributed by atoms with van der Waals surface area (Å²) in [5, 5.41) is 15.8. The molecule has 4 aliphatic rings. The molecule has 344 valence electrons. The Labute approximate surface area is 372 Å². The lowest BCUT2D eigenvalue weighted by Gasteiger charge is -2.31. The second-order valence-electron chi connectivity index (χ2n) is 17.9. The SMILES string of the molecule is COC[C@H]1C[C@@H](c2ncc(-c3cc4c5c(c3)OCc3cc(-c6cnc([C@@H]7C[C@H](COC)CN7C(=O)[C@@H](NC(O)OC)C(C)C)[nH]6)cc(c3-5)OC4)[nH]2)N(C(=O)[C@@H](NC(=O)OC)C(C)C)C1. The smallest absolute Gasteiger partial charge is 0.407 e. The summed E-state index contributed by atoms with van der Waals surface area (Å²) in [5.74, 6) is 2.38. The van der Waals surface area contributed by atoms with Crippen molar-refractivity contribution in [2.24, 2.45) is 23.7 Å². The van der Waals surface area contributed by atoms with Gasteiger partial charge < -0.3 is 58.6 Å². The van der Waals surface area contributed by atoms with Gasteiger partial charge in [-0.15, -0.1) is 0 Å². The zero-order valence-electron chi connectivity index (χ0n) is 37.7. The second kappa shape index (κ2) is 18.9. The molecular formula is C46H60N8O10. The van der Waals surface area contributed by atoms with E-state index in [1.54, 1.807) is 31.5 Å². The molecule has 4 aromatic rings. The number of aliphatic hydroxyl groups excluding tert-OH is 1. The van der Waals surface area contributed by atoms with Crippen LogP contribution in [0.3, 0.4) is 0 Å². The average Bonchev–Trinajstić information content (AvgIpc) is 4.12. The molecule has 0 aliphatic carbocycles. The fourth-order valence-electron chi connectivity index (χ4n) is 9.69. The average molecular weight is 885 g/mol. The zero-order valence-corrected chi connectivity index (χ0v) is 37.7. The molecule has 0 spiro atoms. The van der Waals surface area contributed by atoms with Crippen LogP contribution < -0.4 is 20.1 Å². The van der Waals surface area contributed by atoms with Gasteiger partial charge in [-0.3, -0.25) is 14.9 Å². The molecule has 2 aromatic heterocycles. The maximum Gasteiger partial charge on any atom is 0.407 e. The second-order valence-corrected chi connectivity index (χ2v) is 17.9. The lowest BCUT2D eigenvalue weighted by atomic mass is 9.87. The van der Waals surface area contributed by atoms with Gasteiger partial charge >= 0.3 is 6.09 Å². The predicted molar refractivity (Wildman–Crippen MR) is 234 cm³/mol. The molecular weight excluding hydrogens is 825 g/mol. The van der Waals surface area contributed by atoms with E-state index in [2.05, 4.69) is 32.7 Å². The molecule has 0 bridgehead atoms. The number of hydrogen-bond acceptors (Lipinski definition) is 13. The van der Waals surface area contributed by atoms with Gasteiger partial charge in [0, 0.05) is 79.6 Å². The minimum absolute atomic E-state index is 0.0906. The number of ether oxygens (including phenoxy) is 6. The van der Waals surface area contributed by atoms with Gasteiger partial charge in [0.2, 0.25) is 18.2 Å². The van der Waals surface area contributed by atoms with Crippen LogP contribution in [0.15, 0.2) is 36.7 Å². The predicted octanol–water partition coefficient (Wildman–Crippen LogP) is 4.91. The minimum atomic E-state index is -1.28. The van der Waals surface area contributed by atoms with E-state index in [1.165, 1.54) is 14.2 Å². The van der Waals surface area contributed by atoms with E-state index in [0.29, 0.717) is 64.0 Å². The zero-order chi connectivity index (χ0) is 45.4. The summed E-state index contributed by atoms with van der Waals surface area (Å²) in [6.45, 7) is 10.2. The number of imidazole rings is 2. The van der Waals surface area contributed by atoms with Crippen LogP contribution in [-0.4, -0.2) is 126 Å². The van der Waals surface area contributed by atoms with Crippen molar-refractivity contribution in [3.63, 3.8) is 0 Å². The highest BCUT2D eigenvalue weighted by Gasteiger charge is 2.43. The largest absolute Gasteiger partial charge is 0.488 e. The maximum atomic E-state index is 14.0. The van der Waals surface area contributed by atoms with E-state index in [1.807, 2.05) is 44.7 Å². The molecule has 64 heavy (non-hydrogen) atoms. The van der Waals surface area contributed by atoms with Crippen LogP contribution in [0.1, 0.15) is 75.4 Å². The van der Waals surface area contributed by atoms with Gasteiger partial charge in [-0.05, 0) is 48.9 Å². The van der Waals surface area contributed by atoms with Crippen LogP contribution in [0.4, 0.5) is 4.79 Å². The lowest BCUT2D eigenvalue weighted by Crippen LogP contribution is -2.53. The Balaban J connectivity index is 1.04. The highest BCUT2D eigenvalue weighted by molar-refractivity contribution is 5.89. The molecule has 2 aromatic carbocycles. The third-order valence-electron chi connectivity index (χ3n) is 12.8. The maximum absolute atomic E-state index is 14.0. The number of carbonyl (C=O) groups excluding carboxylic acids is 3. The summed E-state index contributed by atoms with van der Waals surface area (Å²) < 4.78 is 33.8. The van der Waals surface area contributed by atoms with Crippen LogP contribution in [0.25, 0.3) is 33.6 Å². The monoisotopic (exact) mass is 884 g/mol. The first-order chi connectivity index (χ1) is 30.8. The molecule has 0 saturated carbocycles. The van der Waals surface area contributed by atoms with E-state index in [-0.39, 0.29) is 47.6 Å². The Morgan fingerprint density at radius 1 is 0.750 bits per heavy atom. The molecule has 2 saturated heterocycles. The molecule has 1 unspecified atom stereocenters. The molecule has 7 atom stereocenters. The van der Waals surface area contributed by atoms with Gasteiger partial charge in [-0.1, -0.05) is 27.7 Å². The number of likely N-dealkylation sites (tertiary alicyclic amines) is 2. The summed E-state index contributed by atoms with van der Waals surface area (Å²) in [6, 6.07) is 6.11. The number of alkyl carbamates (subject to hydrolysis) is 1. The highest BCUT2D eigenvalue weighted by Crippen LogP contribution is 2.51. The van der Waals surface area contributed by atoms with E-state index in [4.69, 9.17) is 38.4 Å². The number of rotatable bonds is 16. The normalized spacial score (nSPS) is 21.4. The molecule has 18 heteroatoms. The Morgan fingerprint density at radius 3 is 1.64 bits per heavy atom. The summed E-state index contributed by atoms with van der Waals surface area (Å²) in [7, 11) is 5.97. The number of nitrogens with zero attached hydrogens (tertiary/aromatic N) is 4. The number of methoxy groups -OCH3 is 4.